The summed E-state index contributed by atoms with van der Waals surface area (Å²) in [4.78, 5) is 9.56. The van der Waals surface area contributed by atoms with Crippen molar-refractivity contribution in [1.29, 1.82) is 0 Å². The van der Waals surface area contributed by atoms with Gasteiger partial charge < -0.3 is 5.73 Å². The summed E-state index contributed by atoms with van der Waals surface area (Å²) in [6.07, 6.45) is 1.72. The van der Waals surface area contributed by atoms with Crippen molar-refractivity contribution in [2.45, 2.75) is 0 Å². The number of anilines is 1. The number of hydrogen-bond acceptors (Lipinski definition) is 3. The average Bonchev–Trinajstić information content (AvgIpc) is 3.20. The van der Waals surface area contributed by atoms with Gasteiger partial charge in [0.15, 0.2) is 5.65 Å². The average molecular weight is 466 g/mol. The molecule has 5 aromatic rings. The van der Waals surface area contributed by atoms with Crippen LogP contribution in [0.3, 0.4) is 0 Å². The number of benzene rings is 3. The first kappa shape index (κ1) is 19.9. The summed E-state index contributed by atoms with van der Waals surface area (Å²) in [6.45, 7) is 0. The first-order valence-corrected chi connectivity index (χ1v) is 10.6. The number of rotatable bonds is 3. The van der Waals surface area contributed by atoms with Gasteiger partial charge in [-0.15, -0.1) is 0 Å². The van der Waals surface area contributed by atoms with Crippen LogP contribution in [0, 0.1) is 0 Å². The molecule has 0 bridgehead atoms. The van der Waals surface area contributed by atoms with Gasteiger partial charge in [-0.2, -0.15) is 0 Å². The Labute approximate surface area is 193 Å². The van der Waals surface area contributed by atoms with E-state index in [9.17, 15) is 0 Å². The Morgan fingerprint density at radius 1 is 0.806 bits per heavy atom. The smallest absolute Gasteiger partial charge is 0.167 e. The molecule has 5 rings (SSSR count). The number of aromatic nitrogens is 3. The lowest BCUT2D eigenvalue weighted by atomic mass is 9.97. The molecule has 152 valence electrons. The molecular formula is C24H15Cl3N4. The minimum Gasteiger partial charge on any atom is -0.396 e. The number of halogens is 3. The van der Waals surface area contributed by atoms with E-state index in [-0.39, 0.29) is 0 Å². The molecule has 0 spiro atoms. The van der Waals surface area contributed by atoms with Crippen LogP contribution in [-0.4, -0.2) is 14.5 Å². The molecule has 4 nitrogen and oxygen atoms in total. The Morgan fingerprint density at radius 2 is 1.52 bits per heavy atom. The van der Waals surface area contributed by atoms with Crippen LogP contribution in [0.25, 0.3) is 39.2 Å². The number of nitrogens with zero attached hydrogens (tertiary/aromatic N) is 3. The van der Waals surface area contributed by atoms with Gasteiger partial charge >= 0.3 is 0 Å². The van der Waals surface area contributed by atoms with E-state index < -0.39 is 0 Å². The van der Waals surface area contributed by atoms with Gasteiger partial charge in [0.1, 0.15) is 11.8 Å². The molecule has 0 amide bonds. The van der Waals surface area contributed by atoms with Crippen molar-refractivity contribution in [3.05, 3.63) is 94.2 Å². The van der Waals surface area contributed by atoms with E-state index in [4.69, 9.17) is 45.5 Å². The maximum atomic E-state index is 6.68. The summed E-state index contributed by atoms with van der Waals surface area (Å²) in [5.41, 5.74) is 12.4. The molecule has 2 N–H and O–H groups in total. The van der Waals surface area contributed by atoms with Gasteiger partial charge in [-0.25, -0.2) is 9.97 Å². The second-order valence-corrected chi connectivity index (χ2v) is 8.28. The molecular weight excluding hydrogens is 451 g/mol. The highest BCUT2D eigenvalue weighted by atomic mass is 35.5. The summed E-state index contributed by atoms with van der Waals surface area (Å²) >= 11 is 18.8. The van der Waals surface area contributed by atoms with Crippen molar-refractivity contribution in [1.82, 2.24) is 14.5 Å². The molecule has 2 aromatic heterocycles. The second-order valence-electron chi connectivity index (χ2n) is 7.00. The van der Waals surface area contributed by atoms with Crippen LogP contribution in [0.5, 0.6) is 0 Å². The van der Waals surface area contributed by atoms with Crippen LogP contribution in [0.4, 0.5) is 5.69 Å². The standard InChI is InChI=1S/C24H15Cl3N4/c25-15-8-6-14(7-9-15)20-21(28)23-24(31(13-29-23)17-4-2-1-3-5-17)30-22(20)18-11-10-16(26)12-19(18)27/h1-13H,(H2,28,30). The largest absolute Gasteiger partial charge is 0.396 e. The zero-order valence-electron chi connectivity index (χ0n) is 16.1. The van der Waals surface area contributed by atoms with Crippen LogP contribution in [0.2, 0.25) is 15.1 Å². The van der Waals surface area contributed by atoms with E-state index in [1.165, 1.54) is 0 Å². The Kier molecular flexibility index (Phi) is 5.06. The Hall–Kier alpha value is -3.05. The molecule has 31 heavy (non-hydrogen) atoms. The quantitative estimate of drug-likeness (QED) is 0.304. The van der Waals surface area contributed by atoms with Crippen LogP contribution in [0.15, 0.2) is 79.1 Å². The van der Waals surface area contributed by atoms with Gasteiger partial charge in [-0.3, -0.25) is 4.57 Å². The van der Waals surface area contributed by atoms with Gasteiger partial charge in [0.05, 0.1) is 16.4 Å². The Bertz CT molecular complexity index is 1410. The van der Waals surface area contributed by atoms with Gasteiger partial charge in [0.2, 0.25) is 0 Å². The number of pyridine rings is 1. The van der Waals surface area contributed by atoms with Gasteiger partial charge in [0, 0.05) is 26.9 Å². The molecule has 0 fully saturated rings. The molecule has 0 aliphatic rings. The monoisotopic (exact) mass is 464 g/mol. The van der Waals surface area contributed by atoms with E-state index >= 15 is 0 Å². The van der Waals surface area contributed by atoms with Crippen LogP contribution < -0.4 is 5.73 Å². The lowest BCUT2D eigenvalue weighted by Gasteiger charge is -2.15. The van der Waals surface area contributed by atoms with Gasteiger partial charge in [-0.05, 0) is 48.0 Å². The predicted molar refractivity (Wildman–Crippen MR) is 129 cm³/mol. The van der Waals surface area contributed by atoms with E-state index in [1.54, 1.807) is 18.5 Å². The molecule has 7 heteroatoms. The third-order valence-corrected chi connectivity index (χ3v) is 5.87. The summed E-state index contributed by atoms with van der Waals surface area (Å²) in [5.74, 6) is 0. The molecule has 0 aliphatic carbocycles. The fourth-order valence-corrected chi connectivity index (χ4v) is 4.23. The number of para-hydroxylation sites is 1. The predicted octanol–water partition coefficient (Wildman–Crippen LogP) is 7.30. The van der Waals surface area contributed by atoms with Gasteiger partial charge in [-0.1, -0.05) is 65.1 Å². The topological polar surface area (TPSA) is 56.7 Å². The summed E-state index contributed by atoms with van der Waals surface area (Å²) < 4.78 is 1.91. The molecule has 3 aromatic carbocycles. The van der Waals surface area contributed by atoms with Crippen LogP contribution >= 0.6 is 34.8 Å². The number of nitrogens with two attached hydrogens (primary N) is 1. The fraction of sp³-hybridized carbons (Fsp3) is 0. The molecule has 0 aliphatic heterocycles. The summed E-state index contributed by atoms with van der Waals surface area (Å²) in [6, 6.07) is 22.6. The van der Waals surface area contributed by atoms with Crippen molar-refractivity contribution in [2.24, 2.45) is 0 Å². The van der Waals surface area contributed by atoms with E-state index in [2.05, 4.69) is 4.98 Å². The van der Waals surface area contributed by atoms with Gasteiger partial charge in [0.25, 0.3) is 0 Å². The molecule has 0 atom stereocenters. The number of imidazole rings is 1. The lowest BCUT2D eigenvalue weighted by Crippen LogP contribution is -2.01. The summed E-state index contributed by atoms with van der Waals surface area (Å²) in [5, 5.41) is 1.67. The first-order chi connectivity index (χ1) is 15.0. The zero-order chi connectivity index (χ0) is 21.5. The lowest BCUT2D eigenvalue weighted by molar-refractivity contribution is 1.07. The Morgan fingerprint density at radius 3 is 2.23 bits per heavy atom. The van der Waals surface area contributed by atoms with Crippen LogP contribution in [0.1, 0.15) is 0 Å². The SMILES string of the molecule is Nc1c(-c2ccc(Cl)cc2)c(-c2ccc(Cl)cc2Cl)nc2c1ncn2-c1ccccc1. The highest BCUT2D eigenvalue weighted by molar-refractivity contribution is 6.36. The highest BCUT2D eigenvalue weighted by Gasteiger charge is 2.21. The summed E-state index contributed by atoms with van der Waals surface area (Å²) in [7, 11) is 0. The molecule has 0 saturated heterocycles. The zero-order valence-corrected chi connectivity index (χ0v) is 18.3. The molecule has 0 saturated carbocycles. The van der Waals surface area contributed by atoms with Crippen molar-refractivity contribution < 1.29 is 0 Å². The third-order valence-electron chi connectivity index (χ3n) is 5.07. The number of hydrogen-bond donors (Lipinski definition) is 1. The number of fused-ring (bicyclic) bond motifs is 1. The van der Waals surface area contributed by atoms with E-state index in [0.717, 1.165) is 22.4 Å². The normalized spacial score (nSPS) is 11.2. The molecule has 0 radical (unpaired) electrons. The molecule has 0 unspecified atom stereocenters. The minimum absolute atomic E-state index is 0.486. The fourth-order valence-electron chi connectivity index (χ4n) is 3.61. The number of nitrogen functional groups attached to an aromatic ring is 1. The Balaban J connectivity index is 1.86. The van der Waals surface area contributed by atoms with Crippen LogP contribution in [-0.2, 0) is 0 Å². The van der Waals surface area contributed by atoms with Crippen molar-refractivity contribution in [2.75, 3.05) is 5.73 Å². The minimum atomic E-state index is 0.486. The van der Waals surface area contributed by atoms with Crippen molar-refractivity contribution in [3.8, 4) is 28.1 Å². The first-order valence-electron chi connectivity index (χ1n) is 9.46. The van der Waals surface area contributed by atoms with E-state index in [0.29, 0.717) is 37.6 Å². The van der Waals surface area contributed by atoms with E-state index in [1.807, 2.05) is 65.2 Å². The second kappa shape index (κ2) is 7.89. The van der Waals surface area contributed by atoms with Crippen molar-refractivity contribution in [3.63, 3.8) is 0 Å². The maximum Gasteiger partial charge on any atom is 0.167 e. The highest BCUT2D eigenvalue weighted by Crippen LogP contribution is 2.42. The van der Waals surface area contributed by atoms with Crippen molar-refractivity contribution >= 4 is 51.7 Å². The molecule has 2 heterocycles. The third kappa shape index (κ3) is 3.53. The maximum absolute atomic E-state index is 6.68.